The smallest absolute Gasteiger partial charge is 0.315 e. The first-order chi connectivity index (χ1) is 9.24. The Morgan fingerprint density at radius 2 is 1.90 bits per heavy atom. The SMILES string of the molecule is CN(C1CCNC1)S(=O)(=O)c1ccccc1C(F)(F)F.Cl. The number of benzene rings is 1. The van der Waals surface area contributed by atoms with E-state index in [4.69, 9.17) is 0 Å². The summed E-state index contributed by atoms with van der Waals surface area (Å²) >= 11 is 0. The van der Waals surface area contributed by atoms with Crippen LogP contribution in [-0.2, 0) is 16.2 Å². The van der Waals surface area contributed by atoms with E-state index in [1.54, 1.807) is 0 Å². The maximum absolute atomic E-state index is 12.9. The Morgan fingerprint density at radius 1 is 1.29 bits per heavy atom. The maximum atomic E-state index is 12.9. The average molecular weight is 345 g/mol. The van der Waals surface area contributed by atoms with Crippen LogP contribution in [0.4, 0.5) is 13.2 Å². The molecule has 1 aromatic rings. The lowest BCUT2D eigenvalue weighted by molar-refractivity contribution is -0.139. The summed E-state index contributed by atoms with van der Waals surface area (Å²) in [5.74, 6) is 0. The summed E-state index contributed by atoms with van der Waals surface area (Å²) in [7, 11) is -2.84. The number of likely N-dealkylation sites (N-methyl/N-ethyl adjacent to an activating group) is 1. The van der Waals surface area contributed by atoms with E-state index in [0.717, 1.165) is 16.4 Å². The van der Waals surface area contributed by atoms with Crippen molar-refractivity contribution in [1.82, 2.24) is 9.62 Å². The first-order valence-electron chi connectivity index (χ1n) is 6.09. The molecule has 2 rings (SSSR count). The van der Waals surface area contributed by atoms with E-state index in [9.17, 15) is 21.6 Å². The van der Waals surface area contributed by atoms with Crippen LogP contribution < -0.4 is 5.32 Å². The Hall–Kier alpha value is -0.830. The molecule has 0 saturated carbocycles. The molecule has 1 aliphatic rings. The lowest BCUT2D eigenvalue weighted by Crippen LogP contribution is -2.39. The van der Waals surface area contributed by atoms with E-state index < -0.39 is 26.7 Å². The fourth-order valence-electron chi connectivity index (χ4n) is 2.23. The van der Waals surface area contributed by atoms with E-state index in [1.165, 1.54) is 19.2 Å². The van der Waals surface area contributed by atoms with E-state index in [2.05, 4.69) is 5.32 Å². The Balaban J connectivity index is 0.00000220. The highest BCUT2D eigenvalue weighted by Gasteiger charge is 2.39. The summed E-state index contributed by atoms with van der Waals surface area (Å²) in [5, 5.41) is 2.99. The molecule has 21 heavy (non-hydrogen) atoms. The molecule has 9 heteroatoms. The molecule has 120 valence electrons. The van der Waals surface area contributed by atoms with Crippen molar-refractivity contribution in [3.63, 3.8) is 0 Å². The summed E-state index contributed by atoms with van der Waals surface area (Å²) in [6.45, 7) is 1.11. The first kappa shape index (κ1) is 18.2. The van der Waals surface area contributed by atoms with Gasteiger partial charge in [-0.15, -0.1) is 12.4 Å². The zero-order valence-electron chi connectivity index (χ0n) is 11.2. The van der Waals surface area contributed by atoms with Gasteiger partial charge >= 0.3 is 6.18 Å². The largest absolute Gasteiger partial charge is 0.417 e. The molecule has 0 radical (unpaired) electrons. The number of hydrogen-bond donors (Lipinski definition) is 1. The molecular weight excluding hydrogens is 329 g/mol. The number of nitrogens with zero attached hydrogens (tertiary/aromatic N) is 1. The van der Waals surface area contributed by atoms with Gasteiger partial charge in [-0.25, -0.2) is 8.42 Å². The molecule has 1 aliphatic heterocycles. The number of nitrogens with one attached hydrogen (secondary N) is 1. The van der Waals surface area contributed by atoms with Gasteiger partial charge in [-0.05, 0) is 25.1 Å². The second-order valence-electron chi connectivity index (χ2n) is 4.66. The first-order valence-corrected chi connectivity index (χ1v) is 7.53. The van der Waals surface area contributed by atoms with Crippen molar-refractivity contribution in [2.75, 3.05) is 20.1 Å². The highest BCUT2D eigenvalue weighted by molar-refractivity contribution is 7.89. The summed E-state index contributed by atoms with van der Waals surface area (Å²) in [6.07, 6.45) is -4.11. The van der Waals surface area contributed by atoms with Crippen LogP contribution in [0.2, 0.25) is 0 Å². The van der Waals surface area contributed by atoms with Crippen molar-refractivity contribution in [3.8, 4) is 0 Å². The van der Waals surface area contributed by atoms with Crippen LogP contribution in [0, 0.1) is 0 Å². The minimum atomic E-state index is -4.70. The summed E-state index contributed by atoms with van der Waals surface area (Å²) < 4.78 is 64.6. The Bertz CT molecular complexity index is 586. The molecule has 0 aromatic heterocycles. The molecule has 4 nitrogen and oxygen atoms in total. The van der Waals surface area contributed by atoms with Gasteiger partial charge in [0, 0.05) is 19.6 Å². The van der Waals surface area contributed by atoms with Crippen LogP contribution in [0.5, 0.6) is 0 Å². The number of halogens is 4. The topological polar surface area (TPSA) is 49.4 Å². The van der Waals surface area contributed by atoms with Crippen molar-refractivity contribution in [2.24, 2.45) is 0 Å². The van der Waals surface area contributed by atoms with Crippen LogP contribution in [0.1, 0.15) is 12.0 Å². The molecule has 0 spiro atoms. The van der Waals surface area contributed by atoms with Crippen molar-refractivity contribution in [2.45, 2.75) is 23.5 Å². The number of sulfonamides is 1. The predicted molar refractivity (Wildman–Crippen MR) is 74.9 cm³/mol. The van der Waals surface area contributed by atoms with Crippen molar-refractivity contribution >= 4 is 22.4 Å². The van der Waals surface area contributed by atoms with Gasteiger partial charge < -0.3 is 5.32 Å². The summed E-state index contributed by atoms with van der Waals surface area (Å²) in [4.78, 5) is -0.693. The van der Waals surface area contributed by atoms with Gasteiger partial charge in [-0.1, -0.05) is 12.1 Å². The fourth-order valence-corrected chi connectivity index (χ4v) is 3.82. The van der Waals surface area contributed by atoms with Gasteiger partial charge in [0.05, 0.1) is 10.5 Å². The molecular formula is C12H16ClF3N2O2S. The number of rotatable bonds is 3. The zero-order valence-corrected chi connectivity index (χ0v) is 12.9. The normalized spacial score (nSPS) is 19.6. The zero-order chi connectivity index (χ0) is 15.0. The van der Waals surface area contributed by atoms with Gasteiger partial charge in [0.2, 0.25) is 10.0 Å². The summed E-state index contributed by atoms with van der Waals surface area (Å²) in [5.41, 5.74) is -1.13. The van der Waals surface area contributed by atoms with Crippen LogP contribution in [-0.4, -0.2) is 38.9 Å². The van der Waals surface area contributed by atoms with Gasteiger partial charge in [-0.3, -0.25) is 0 Å². The molecule has 1 fully saturated rings. The van der Waals surface area contributed by atoms with Gasteiger partial charge in [0.15, 0.2) is 0 Å². The molecule has 0 aliphatic carbocycles. The molecule has 1 aromatic carbocycles. The van der Waals surface area contributed by atoms with E-state index in [-0.39, 0.29) is 18.4 Å². The molecule has 0 bridgehead atoms. The van der Waals surface area contributed by atoms with E-state index >= 15 is 0 Å². The molecule has 1 unspecified atom stereocenters. The monoisotopic (exact) mass is 344 g/mol. The quantitative estimate of drug-likeness (QED) is 0.913. The maximum Gasteiger partial charge on any atom is 0.417 e. The fraction of sp³-hybridized carbons (Fsp3) is 0.500. The van der Waals surface area contributed by atoms with Crippen LogP contribution in [0.25, 0.3) is 0 Å². The molecule has 1 atom stereocenters. The second-order valence-corrected chi connectivity index (χ2v) is 6.63. The van der Waals surface area contributed by atoms with Crippen LogP contribution in [0.15, 0.2) is 29.2 Å². The lowest BCUT2D eigenvalue weighted by atomic mass is 10.2. The van der Waals surface area contributed by atoms with E-state index in [0.29, 0.717) is 19.5 Å². The molecule has 1 heterocycles. The lowest BCUT2D eigenvalue weighted by Gasteiger charge is -2.24. The van der Waals surface area contributed by atoms with Crippen LogP contribution in [0.3, 0.4) is 0 Å². The van der Waals surface area contributed by atoms with Crippen molar-refractivity contribution in [3.05, 3.63) is 29.8 Å². The van der Waals surface area contributed by atoms with Crippen LogP contribution >= 0.6 is 12.4 Å². The third kappa shape index (κ3) is 3.68. The molecule has 1 N–H and O–H groups in total. The highest BCUT2D eigenvalue weighted by Crippen LogP contribution is 2.35. The predicted octanol–water partition coefficient (Wildman–Crippen LogP) is 2.11. The summed E-state index contributed by atoms with van der Waals surface area (Å²) in [6, 6.07) is 3.94. The number of alkyl halides is 3. The van der Waals surface area contributed by atoms with E-state index in [1.807, 2.05) is 0 Å². The Morgan fingerprint density at radius 3 is 2.43 bits per heavy atom. The Kier molecular flexibility index (Phi) is 5.65. The minimum Gasteiger partial charge on any atom is -0.315 e. The number of hydrogen-bond acceptors (Lipinski definition) is 3. The third-order valence-corrected chi connectivity index (χ3v) is 5.37. The van der Waals surface area contributed by atoms with Crippen molar-refractivity contribution < 1.29 is 21.6 Å². The molecule has 0 amide bonds. The highest BCUT2D eigenvalue weighted by atomic mass is 35.5. The Labute approximate surface area is 127 Å². The molecule has 1 saturated heterocycles. The average Bonchev–Trinajstić information content (AvgIpc) is 2.90. The van der Waals surface area contributed by atoms with Gasteiger partial charge in [0.1, 0.15) is 0 Å². The standard InChI is InChI=1S/C12H15F3N2O2S.ClH/c1-17(9-6-7-16-8-9)20(18,19)11-5-3-2-4-10(11)12(13,14)15;/h2-5,9,16H,6-8H2,1H3;1H. The van der Waals surface area contributed by atoms with Crippen molar-refractivity contribution in [1.29, 1.82) is 0 Å². The minimum absolute atomic E-state index is 0. The third-order valence-electron chi connectivity index (χ3n) is 3.40. The van der Waals surface area contributed by atoms with Gasteiger partial charge in [0.25, 0.3) is 0 Å². The van der Waals surface area contributed by atoms with Gasteiger partial charge in [-0.2, -0.15) is 17.5 Å². The second kappa shape index (κ2) is 6.51.